The fraction of sp³-hybridized carbons (Fsp3) is 0.842. The van der Waals surface area contributed by atoms with Gasteiger partial charge in [0.1, 0.15) is 11.7 Å². The minimum Gasteiger partial charge on any atom is -0.467 e. The molecule has 8 heteroatoms. The summed E-state index contributed by atoms with van der Waals surface area (Å²) < 4.78 is 4.99. The number of carbonyl (C=O) groups is 3. The van der Waals surface area contributed by atoms with E-state index >= 15 is 0 Å². The van der Waals surface area contributed by atoms with Crippen molar-refractivity contribution < 1.29 is 19.1 Å². The molecule has 4 atom stereocenters. The van der Waals surface area contributed by atoms with Crippen LogP contribution in [0.3, 0.4) is 0 Å². The smallest absolute Gasteiger partial charge is 0.328 e. The maximum absolute atomic E-state index is 13.2. The third-order valence-corrected chi connectivity index (χ3v) is 6.43. The molecule has 0 aromatic heterocycles. The van der Waals surface area contributed by atoms with E-state index in [1.54, 1.807) is 4.90 Å². The maximum Gasteiger partial charge on any atom is 0.328 e. The zero-order chi connectivity index (χ0) is 20.1. The number of esters is 1. The van der Waals surface area contributed by atoms with E-state index in [1.807, 2.05) is 32.6 Å². The van der Waals surface area contributed by atoms with Crippen molar-refractivity contribution in [2.75, 3.05) is 26.7 Å². The highest BCUT2D eigenvalue weighted by atomic mass is 16.5. The van der Waals surface area contributed by atoms with Crippen LogP contribution in [0, 0.1) is 5.41 Å². The van der Waals surface area contributed by atoms with Gasteiger partial charge in [-0.3, -0.25) is 14.5 Å². The van der Waals surface area contributed by atoms with E-state index in [-0.39, 0.29) is 17.9 Å². The van der Waals surface area contributed by atoms with Crippen molar-refractivity contribution in [2.24, 2.45) is 11.1 Å². The second-order valence-electron chi connectivity index (χ2n) is 8.97. The number of likely N-dealkylation sites (tertiary alicyclic amines) is 1. The highest BCUT2D eigenvalue weighted by Gasteiger charge is 2.64. The largest absolute Gasteiger partial charge is 0.467 e. The molecule has 27 heavy (non-hydrogen) atoms. The Morgan fingerprint density at radius 3 is 2.59 bits per heavy atom. The van der Waals surface area contributed by atoms with Gasteiger partial charge in [-0.2, -0.15) is 0 Å². The summed E-state index contributed by atoms with van der Waals surface area (Å²) in [5, 5.41) is 0. The molecule has 152 valence electrons. The average molecular weight is 380 g/mol. The Hall–Kier alpha value is -1.67. The van der Waals surface area contributed by atoms with Gasteiger partial charge >= 0.3 is 5.97 Å². The van der Waals surface area contributed by atoms with Gasteiger partial charge in [0.2, 0.25) is 11.8 Å². The van der Waals surface area contributed by atoms with Crippen LogP contribution in [0.25, 0.3) is 0 Å². The van der Waals surface area contributed by atoms with Crippen molar-refractivity contribution in [1.82, 2.24) is 14.7 Å². The molecule has 2 amide bonds. The summed E-state index contributed by atoms with van der Waals surface area (Å²) in [5.74, 6) is -0.610. The summed E-state index contributed by atoms with van der Waals surface area (Å²) in [6.45, 7) is 9.31. The van der Waals surface area contributed by atoms with Gasteiger partial charge in [0.25, 0.3) is 0 Å². The lowest BCUT2D eigenvalue weighted by molar-refractivity contribution is -0.152. The molecular weight excluding hydrogens is 348 g/mol. The van der Waals surface area contributed by atoms with E-state index < -0.39 is 29.1 Å². The van der Waals surface area contributed by atoms with E-state index in [1.165, 1.54) is 7.11 Å². The van der Waals surface area contributed by atoms with Crippen LogP contribution in [-0.4, -0.2) is 83.0 Å². The van der Waals surface area contributed by atoms with Crippen LogP contribution >= 0.6 is 0 Å². The molecule has 3 aliphatic heterocycles. The first kappa shape index (κ1) is 20.1. The van der Waals surface area contributed by atoms with Crippen LogP contribution in [-0.2, 0) is 19.1 Å². The number of amides is 2. The Labute approximate surface area is 161 Å². The number of methoxy groups -OCH3 is 1. The molecule has 0 bridgehead atoms. The number of likely N-dealkylation sites (N-methyl/N-ethyl adjacent to an activating group) is 1. The Balaban J connectivity index is 1.99. The van der Waals surface area contributed by atoms with Gasteiger partial charge in [-0.05, 0) is 25.2 Å². The lowest BCUT2D eigenvalue weighted by Gasteiger charge is -2.40. The standard InChI is InChI=1S/C19H32N4O4/c1-6-22-15(24)12-8-7-9-23(12)19(22)10-13(17(26)27-5)21(11-19)16(25)14(20)18(2,3)4/h12-14H,6-11,20H2,1-5H3/t12-,13-,14?,19?/m0/s1. The fourth-order valence-corrected chi connectivity index (χ4v) is 4.91. The Morgan fingerprint density at radius 1 is 1.37 bits per heavy atom. The molecule has 0 aromatic rings. The number of ether oxygens (including phenoxy) is 1. The van der Waals surface area contributed by atoms with Gasteiger partial charge in [-0.25, -0.2) is 4.79 Å². The molecular formula is C19H32N4O4. The molecule has 0 aromatic carbocycles. The number of hydrogen-bond acceptors (Lipinski definition) is 6. The summed E-state index contributed by atoms with van der Waals surface area (Å²) in [7, 11) is 1.33. The lowest BCUT2D eigenvalue weighted by Crippen LogP contribution is -2.58. The van der Waals surface area contributed by atoms with Crippen molar-refractivity contribution in [3.63, 3.8) is 0 Å². The third kappa shape index (κ3) is 2.93. The molecule has 0 saturated carbocycles. The Kier molecular flexibility index (Phi) is 5.01. The van der Waals surface area contributed by atoms with Gasteiger partial charge in [0.15, 0.2) is 0 Å². The number of fused-ring (bicyclic) bond motifs is 2. The Morgan fingerprint density at radius 2 is 2.04 bits per heavy atom. The number of rotatable bonds is 3. The van der Waals surface area contributed by atoms with Crippen LogP contribution < -0.4 is 5.73 Å². The summed E-state index contributed by atoms with van der Waals surface area (Å²) >= 11 is 0. The normalized spacial score (nSPS) is 32.3. The fourth-order valence-electron chi connectivity index (χ4n) is 4.91. The molecule has 3 aliphatic rings. The predicted molar refractivity (Wildman–Crippen MR) is 99.4 cm³/mol. The van der Waals surface area contributed by atoms with Crippen LogP contribution in [0.1, 0.15) is 47.0 Å². The summed E-state index contributed by atoms with van der Waals surface area (Å²) in [5.41, 5.74) is 5.16. The molecule has 0 aliphatic carbocycles. The number of carbonyl (C=O) groups excluding carboxylic acids is 3. The third-order valence-electron chi connectivity index (χ3n) is 6.43. The highest BCUT2D eigenvalue weighted by molar-refractivity contribution is 5.91. The van der Waals surface area contributed by atoms with Gasteiger partial charge in [0.05, 0.1) is 25.7 Å². The molecule has 8 nitrogen and oxygen atoms in total. The van der Waals surface area contributed by atoms with Crippen LogP contribution in [0.2, 0.25) is 0 Å². The number of nitrogens with zero attached hydrogens (tertiary/aromatic N) is 3. The van der Waals surface area contributed by atoms with E-state index in [2.05, 4.69) is 4.90 Å². The first-order valence-electron chi connectivity index (χ1n) is 9.80. The molecule has 3 rings (SSSR count). The van der Waals surface area contributed by atoms with E-state index in [9.17, 15) is 14.4 Å². The summed E-state index contributed by atoms with van der Waals surface area (Å²) in [6, 6.07) is -1.60. The van der Waals surface area contributed by atoms with Gasteiger partial charge < -0.3 is 20.3 Å². The minimum absolute atomic E-state index is 0.105. The van der Waals surface area contributed by atoms with Crippen LogP contribution in [0.5, 0.6) is 0 Å². The van der Waals surface area contributed by atoms with Crippen LogP contribution in [0.15, 0.2) is 0 Å². The molecule has 0 radical (unpaired) electrons. The first-order valence-corrected chi connectivity index (χ1v) is 9.80. The van der Waals surface area contributed by atoms with Gasteiger partial charge in [0, 0.05) is 19.5 Å². The van der Waals surface area contributed by atoms with Crippen molar-refractivity contribution in [3.05, 3.63) is 0 Å². The van der Waals surface area contributed by atoms with Crippen molar-refractivity contribution in [2.45, 2.75) is 70.7 Å². The monoisotopic (exact) mass is 380 g/mol. The number of nitrogens with two attached hydrogens (primary N) is 1. The van der Waals surface area contributed by atoms with Gasteiger partial charge in [-0.1, -0.05) is 20.8 Å². The zero-order valence-electron chi connectivity index (χ0n) is 17.0. The van der Waals surface area contributed by atoms with E-state index in [0.29, 0.717) is 19.5 Å². The highest BCUT2D eigenvalue weighted by Crippen LogP contribution is 2.46. The predicted octanol–water partition coefficient (Wildman–Crippen LogP) is 0.157. The van der Waals surface area contributed by atoms with E-state index in [0.717, 1.165) is 19.4 Å². The average Bonchev–Trinajstić information content (AvgIpc) is 3.29. The van der Waals surface area contributed by atoms with Crippen LogP contribution in [0.4, 0.5) is 0 Å². The SMILES string of the molecule is CCN1C(=O)[C@@H]2CCCN2C12C[C@@H](C(=O)OC)N(C(=O)C(N)C(C)(C)C)C2. The minimum atomic E-state index is -0.735. The number of hydrogen-bond donors (Lipinski definition) is 1. The topological polar surface area (TPSA) is 96.2 Å². The van der Waals surface area contributed by atoms with Crippen molar-refractivity contribution in [1.29, 1.82) is 0 Å². The second-order valence-corrected chi connectivity index (χ2v) is 8.97. The molecule has 3 fully saturated rings. The quantitative estimate of drug-likeness (QED) is 0.701. The lowest BCUT2D eigenvalue weighted by atomic mass is 9.86. The molecule has 2 N–H and O–H groups in total. The second kappa shape index (κ2) is 6.74. The van der Waals surface area contributed by atoms with Crippen molar-refractivity contribution >= 4 is 17.8 Å². The molecule has 2 unspecified atom stereocenters. The Bertz CT molecular complexity index is 646. The van der Waals surface area contributed by atoms with Gasteiger partial charge in [-0.15, -0.1) is 0 Å². The molecule has 3 saturated heterocycles. The maximum atomic E-state index is 13.2. The summed E-state index contributed by atoms with van der Waals surface area (Å²) in [4.78, 5) is 44.3. The first-order chi connectivity index (χ1) is 12.6. The summed E-state index contributed by atoms with van der Waals surface area (Å²) in [6.07, 6.45) is 2.15. The zero-order valence-corrected chi connectivity index (χ0v) is 17.0. The molecule has 3 heterocycles. The van der Waals surface area contributed by atoms with E-state index in [4.69, 9.17) is 10.5 Å². The molecule has 1 spiro atoms. The van der Waals surface area contributed by atoms with Crippen molar-refractivity contribution in [3.8, 4) is 0 Å².